The second-order valence-corrected chi connectivity index (χ2v) is 4.05. The quantitative estimate of drug-likeness (QED) is 0.558. The van der Waals surface area contributed by atoms with Gasteiger partial charge in [-0.1, -0.05) is 20.3 Å². The van der Waals surface area contributed by atoms with Gasteiger partial charge in [-0.2, -0.15) is 0 Å². The molecular weight excluding hydrogens is 208 g/mol. The van der Waals surface area contributed by atoms with E-state index in [1.165, 1.54) is 0 Å². The zero-order valence-electron chi connectivity index (χ0n) is 10.7. The van der Waals surface area contributed by atoms with Crippen LogP contribution in [0.25, 0.3) is 0 Å². The third kappa shape index (κ3) is 5.80. The van der Waals surface area contributed by atoms with Crippen LogP contribution in [0.4, 0.5) is 0 Å². The van der Waals surface area contributed by atoms with Crippen LogP contribution >= 0.6 is 0 Å². The van der Waals surface area contributed by atoms with Crippen molar-refractivity contribution in [1.29, 1.82) is 0 Å². The second kappa shape index (κ2) is 10.0. The molecule has 0 radical (unpaired) electrons. The molecule has 3 atom stereocenters. The van der Waals surface area contributed by atoms with Gasteiger partial charge in [0.05, 0.1) is 12.7 Å². The van der Waals surface area contributed by atoms with E-state index in [1.807, 2.05) is 6.92 Å². The molecule has 0 amide bonds. The average molecular weight is 234 g/mol. The van der Waals surface area contributed by atoms with Gasteiger partial charge in [0, 0.05) is 26.2 Å². The first-order valence-corrected chi connectivity index (χ1v) is 6.10. The summed E-state index contributed by atoms with van der Waals surface area (Å²) in [4.78, 5) is 0. The molecule has 0 fully saturated rings. The lowest BCUT2D eigenvalue weighted by molar-refractivity contribution is -0.0888. The Labute approximate surface area is 98.6 Å². The van der Waals surface area contributed by atoms with E-state index in [2.05, 4.69) is 6.92 Å². The zero-order valence-corrected chi connectivity index (χ0v) is 10.7. The lowest BCUT2D eigenvalue weighted by atomic mass is 9.96. The number of hydrogen-bond donors (Lipinski definition) is 2. The zero-order chi connectivity index (χ0) is 12.4. The molecule has 0 aromatic heterocycles. The van der Waals surface area contributed by atoms with Crippen LogP contribution in [0.5, 0.6) is 0 Å². The van der Waals surface area contributed by atoms with E-state index >= 15 is 0 Å². The van der Waals surface area contributed by atoms with Gasteiger partial charge in [0.25, 0.3) is 0 Å². The summed E-state index contributed by atoms with van der Waals surface area (Å²) in [5, 5.41) is 19.0. The van der Waals surface area contributed by atoms with Gasteiger partial charge in [-0.15, -0.1) is 0 Å². The van der Waals surface area contributed by atoms with Crippen molar-refractivity contribution in [2.24, 2.45) is 5.92 Å². The highest BCUT2D eigenvalue weighted by Gasteiger charge is 2.26. The Morgan fingerprint density at radius 2 is 1.94 bits per heavy atom. The molecule has 0 rings (SSSR count). The molecule has 4 heteroatoms. The molecule has 0 bridgehead atoms. The SMILES string of the molecule is CCCCOC[C@@H](O)[C@@H](OC)[C@@H](CC)CO. The predicted octanol–water partition coefficient (Wildman–Crippen LogP) is 1.20. The molecular formula is C12H26O4. The van der Waals surface area contributed by atoms with E-state index in [1.54, 1.807) is 7.11 Å². The van der Waals surface area contributed by atoms with Crippen LogP contribution < -0.4 is 0 Å². The van der Waals surface area contributed by atoms with Crippen LogP contribution in [0.1, 0.15) is 33.1 Å². The Morgan fingerprint density at radius 1 is 1.25 bits per heavy atom. The van der Waals surface area contributed by atoms with Crippen LogP contribution in [0.3, 0.4) is 0 Å². The Bertz CT molecular complexity index is 148. The lowest BCUT2D eigenvalue weighted by Crippen LogP contribution is -2.39. The molecule has 0 aliphatic heterocycles. The first-order valence-electron chi connectivity index (χ1n) is 6.10. The maximum absolute atomic E-state index is 9.88. The van der Waals surface area contributed by atoms with Crippen molar-refractivity contribution < 1.29 is 19.7 Å². The van der Waals surface area contributed by atoms with Crippen LogP contribution in [0.15, 0.2) is 0 Å². The van der Waals surface area contributed by atoms with E-state index in [9.17, 15) is 5.11 Å². The fraction of sp³-hybridized carbons (Fsp3) is 1.00. The largest absolute Gasteiger partial charge is 0.396 e. The normalized spacial score (nSPS) is 17.1. The van der Waals surface area contributed by atoms with Gasteiger partial charge in [0.2, 0.25) is 0 Å². The number of unbranched alkanes of at least 4 members (excludes halogenated alkanes) is 1. The van der Waals surface area contributed by atoms with Gasteiger partial charge in [0.15, 0.2) is 0 Å². The summed E-state index contributed by atoms with van der Waals surface area (Å²) in [6.45, 7) is 5.03. The first kappa shape index (κ1) is 15.8. The number of ether oxygens (including phenoxy) is 2. The van der Waals surface area contributed by atoms with Crippen molar-refractivity contribution in [2.45, 2.75) is 45.3 Å². The highest BCUT2D eigenvalue weighted by atomic mass is 16.5. The summed E-state index contributed by atoms with van der Waals surface area (Å²) < 4.78 is 10.6. The summed E-state index contributed by atoms with van der Waals surface area (Å²) in [7, 11) is 1.55. The van der Waals surface area contributed by atoms with Gasteiger partial charge in [-0.3, -0.25) is 0 Å². The highest BCUT2D eigenvalue weighted by Crippen LogP contribution is 2.15. The van der Waals surface area contributed by atoms with E-state index in [0.29, 0.717) is 6.61 Å². The molecule has 4 nitrogen and oxygen atoms in total. The first-order chi connectivity index (χ1) is 7.71. The van der Waals surface area contributed by atoms with Crippen molar-refractivity contribution in [3.63, 3.8) is 0 Å². The van der Waals surface area contributed by atoms with Crippen molar-refractivity contribution in [2.75, 3.05) is 26.9 Å². The van der Waals surface area contributed by atoms with Gasteiger partial charge >= 0.3 is 0 Å². The molecule has 0 aromatic carbocycles. The molecule has 98 valence electrons. The Morgan fingerprint density at radius 3 is 2.38 bits per heavy atom. The number of rotatable bonds is 10. The van der Waals surface area contributed by atoms with Gasteiger partial charge < -0.3 is 19.7 Å². The van der Waals surface area contributed by atoms with Gasteiger partial charge in [-0.05, 0) is 12.8 Å². The van der Waals surface area contributed by atoms with E-state index in [-0.39, 0.29) is 25.2 Å². The molecule has 0 aliphatic rings. The number of aliphatic hydroxyl groups excluding tert-OH is 2. The third-order valence-corrected chi connectivity index (χ3v) is 2.81. The minimum atomic E-state index is -0.668. The summed E-state index contributed by atoms with van der Waals surface area (Å²) in [6, 6.07) is 0. The highest BCUT2D eigenvalue weighted by molar-refractivity contribution is 4.76. The number of methoxy groups -OCH3 is 1. The van der Waals surface area contributed by atoms with Crippen LogP contribution in [0, 0.1) is 5.92 Å². The minimum absolute atomic E-state index is 0.0288. The molecule has 0 spiro atoms. The molecule has 0 heterocycles. The molecule has 0 saturated carbocycles. The molecule has 0 unspecified atom stereocenters. The van der Waals surface area contributed by atoms with Gasteiger partial charge in [0.1, 0.15) is 6.10 Å². The maximum atomic E-state index is 9.88. The van der Waals surface area contributed by atoms with Crippen LogP contribution in [-0.4, -0.2) is 49.4 Å². The van der Waals surface area contributed by atoms with E-state index < -0.39 is 6.10 Å². The van der Waals surface area contributed by atoms with Crippen LogP contribution in [0.2, 0.25) is 0 Å². The van der Waals surface area contributed by atoms with Gasteiger partial charge in [-0.25, -0.2) is 0 Å². The third-order valence-electron chi connectivity index (χ3n) is 2.81. The average Bonchev–Trinajstić information content (AvgIpc) is 2.31. The fourth-order valence-corrected chi connectivity index (χ4v) is 1.67. The smallest absolute Gasteiger partial charge is 0.104 e. The monoisotopic (exact) mass is 234 g/mol. The molecule has 0 saturated heterocycles. The van der Waals surface area contributed by atoms with Crippen LogP contribution in [-0.2, 0) is 9.47 Å². The molecule has 0 aliphatic carbocycles. The Hall–Kier alpha value is -0.160. The topological polar surface area (TPSA) is 58.9 Å². The minimum Gasteiger partial charge on any atom is -0.396 e. The maximum Gasteiger partial charge on any atom is 0.104 e. The van der Waals surface area contributed by atoms with Crippen molar-refractivity contribution in [3.8, 4) is 0 Å². The standard InChI is InChI=1S/C12H26O4/c1-4-6-7-16-9-11(14)12(15-3)10(5-2)8-13/h10-14H,4-9H2,1-3H3/t10-,11+,12-/m0/s1. The summed E-state index contributed by atoms with van der Waals surface area (Å²) in [6.07, 6.45) is 1.84. The van der Waals surface area contributed by atoms with Crippen molar-refractivity contribution >= 4 is 0 Å². The van der Waals surface area contributed by atoms with Crippen molar-refractivity contribution in [1.82, 2.24) is 0 Å². The predicted molar refractivity (Wildman–Crippen MR) is 63.4 cm³/mol. The van der Waals surface area contributed by atoms with E-state index in [4.69, 9.17) is 14.6 Å². The number of aliphatic hydroxyl groups is 2. The summed E-state index contributed by atoms with van der Waals surface area (Å²) in [5.41, 5.74) is 0. The lowest BCUT2D eigenvalue weighted by Gasteiger charge is -2.27. The molecule has 0 aromatic rings. The molecule has 2 N–H and O–H groups in total. The van der Waals surface area contributed by atoms with E-state index in [0.717, 1.165) is 19.3 Å². The number of hydrogen-bond acceptors (Lipinski definition) is 4. The Balaban J connectivity index is 3.94. The second-order valence-electron chi connectivity index (χ2n) is 4.05. The molecule has 16 heavy (non-hydrogen) atoms. The van der Waals surface area contributed by atoms with Crippen molar-refractivity contribution in [3.05, 3.63) is 0 Å². The Kier molecular flexibility index (Phi) is 9.92. The fourth-order valence-electron chi connectivity index (χ4n) is 1.67. The summed E-state index contributed by atoms with van der Waals surface area (Å²) in [5.74, 6) is -0.0326. The summed E-state index contributed by atoms with van der Waals surface area (Å²) >= 11 is 0.